The summed E-state index contributed by atoms with van der Waals surface area (Å²) in [5, 5.41) is 3.17. The first-order valence-corrected chi connectivity index (χ1v) is 10.7. The number of halogens is 3. The van der Waals surface area contributed by atoms with E-state index < -0.39 is 11.7 Å². The predicted octanol–water partition coefficient (Wildman–Crippen LogP) is 3.59. The van der Waals surface area contributed by atoms with Crippen molar-refractivity contribution in [2.45, 2.75) is 44.8 Å². The summed E-state index contributed by atoms with van der Waals surface area (Å²) in [6.45, 7) is 3.43. The number of anilines is 1. The summed E-state index contributed by atoms with van der Waals surface area (Å²) in [6.07, 6.45) is 1.77. The number of aromatic nitrogens is 1. The second-order valence-corrected chi connectivity index (χ2v) is 9.12. The summed E-state index contributed by atoms with van der Waals surface area (Å²) in [7, 11) is 0. The van der Waals surface area contributed by atoms with Crippen LogP contribution in [0.5, 0.6) is 5.75 Å². The zero-order chi connectivity index (χ0) is 21.5. The number of carbonyl (C=O) groups is 1. The first-order chi connectivity index (χ1) is 14.2. The van der Waals surface area contributed by atoms with Gasteiger partial charge in [-0.2, -0.15) is 0 Å². The highest BCUT2D eigenvalue weighted by Crippen LogP contribution is 2.39. The Hall–Kier alpha value is -2.07. The number of nitrogens with zero attached hydrogens (tertiary/aromatic N) is 2. The monoisotopic (exact) mass is 443 g/mol. The maximum Gasteiger partial charge on any atom is 0.282 e. The highest BCUT2D eigenvalue weighted by molar-refractivity contribution is 7.22. The van der Waals surface area contributed by atoms with Gasteiger partial charge in [-0.25, -0.2) is 18.2 Å². The molecule has 6 nitrogen and oxygen atoms in total. The van der Waals surface area contributed by atoms with Crippen molar-refractivity contribution < 1.29 is 27.4 Å². The summed E-state index contributed by atoms with van der Waals surface area (Å²) >= 11 is 1.07. The predicted molar refractivity (Wildman–Crippen MR) is 108 cm³/mol. The van der Waals surface area contributed by atoms with E-state index in [4.69, 9.17) is 9.47 Å². The van der Waals surface area contributed by atoms with Gasteiger partial charge >= 0.3 is 0 Å². The Morgan fingerprint density at radius 3 is 2.80 bits per heavy atom. The number of nitrogens with one attached hydrogen (secondary N) is 1. The molecule has 0 bridgehead atoms. The SMILES string of the molecule is CC(=O)N[C@@H](C)CO[C@H]1C[C@H](COc2ccc3nc(N4CC(F)(F)C4)sc3c2F)C1. The van der Waals surface area contributed by atoms with Crippen LogP contribution in [0.15, 0.2) is 12.1 Å². The van der Waals surface area contributed by atoms with Gasteiger partial charge in [0.15, 0.2) is 16.7 Å². The summed E-state index contributed by atoms with van der Waals surface area (Å²) in [4.78, 5) is 16.7. The summed E-state index contributed by atoms with van der Waals surface area (Å²) in [6, 6.07) is 3.15. The van der Waals surface area contributed by atoms with Gasteiger partial charge in [0.2, 0.25) is 5.91 Å². The summed E-state index contributed by atoms with van der Waals surface area (Å²) in [5.41, 5.74) is 0.445. The molecule has 1 saturated carbocycles. The van der Waals surface area contributed by atoms with Crippen molar-refractivity contribution in [3.05, 3.63) is 17.9 Å². The number of rotatable bonds is 8. The molecule has 0 unspecified atom stereocenters. The van der Waals surface area contributed by atoms with Crippen molar-refractivity contribution in [2.75, 3.05) is 31.2 Å². The third kappa shape index (κ3) is 4.64. The fourth-order valence-corrected chi connectivity index (χ4v) is 4.64. The fourth-order valence-electron chi connectivity index (χ4n) is 3.65. The van der Waals surface area contributed by atoms with Gasteiger partial charge in [-0.15, -0.1) is 0 Å². The average Bonchev–Trinajstić information content (AvgIpc) is 3.03. The molecule has 1 aliphatic carbocycles. The molecule has 1 aliphatic heterocycles. The third-order valence-electron chi connectivity index (χ3n) is 5.26. The van der Waals surface area contributed by atoms with E-state index in [1.807, 2.05) is 6.92 Å². The maximum atomic E-state index is 14.8. The van der Waals surface area contributed by atoms with Gasteiger partial charge in [-0.1, -0.05) is 11.3 Å². The Morgan fingerprint density at radius 2 is 2.13 bits per heavy atom. The number of ether oxygens (including phenoxy) is 2. The molecule has 2 aliphatic rings. The number of thiazole rings is 1. The molecule has 1 aromatic heterocycles. The van der Waals surface area contributed by atoms with Crippen LogP contribution in [-0.4, -0.2) is 55.3 Å². The highest BCUT2D eigenvalue weighted by atomic mass is 32.1. The summed E-state index contributed by atoms with van der Waals surface area (Å²) < 4.78 is 52.7. The smallest absolute Gasteiger partial charge is 0.282 e. The molecule has 2 heterocycles. The number of carbonyl (C=O) groups excluding carboxylic acids is 1. The molecule has 10 heteroatoms. The molecule has 2 fully saturated rings. The van der Waals surface area contributed by atoms with Crippen molar-refractivity contribution in [2.24, 2.45) is 5.92 Å². The number of alkyl halides is 2. The lowest BCUT2D eigenvalue weighted by atomic mass is 9.83. The van der Waals surface area contributed by atoms with Crippen molar-refractivity contribution in [1.29, 1.82) is 0 Å². The normalized spacial score (nSPS) is 23.6. The van der Waals surface area contributed by atoms with Crippen LogP contribution in [0.1, 0.15) is 26.7 Å². The molecular formula is C20H24F3N3O3S. The Labute approximate surface area is 176 Å². The lowest BCUT2D eigenvalue weighted by Crippen LogP contribution is -2.56. The van der Waals surface area contributed by atoms with Gasteiger partial charge in [-0.3, -0.25) is 4.79 Å². The molecule has 164 valence electrons. The molecule has 30 heavy (non-hydrogen) atoms. The fraction of sp³-hybridized carbons (Fsp3) is 0.600. The minimum atomic E-state index is -2.70. The average molecular weight is 443 g/mol. The van der Waals surface area contributed by atoms with E-state index in [0.29, 0.717) is 28.6 Å². The van der Waals surface area contributed by atoms with Crippen molar-refractivity contribution in [3.63, 3.8) is 0 Å². The summed E-state index contributed by atoms with van der Waals surface area (Å²) in [5.74, 6) is -2.85. The van der Waals surface area contributed by atoms with E-state index in [2.05, 4.69) is 10.3 Å². The minimum Gasteiger partial charge on any atom is -0.490 e. The van der Waals surface area contributed by atoms with Gasteiger partial charge in [0.25, 0.3) is 5.92 Å². The first kappa shape index (κ1) is 21.2. The van der Waals surface area contributed by atoms with Crippen LogP contribution in [0.25, 0.3) is 10.2 Å². The molecular weight excluding hydrogens is 419 g/mol. The number of fused-ring (bicyclic) bond motifs is 1. The molecule has 4 rings (SSSR count). The van der Waals surface area contributed by atoms with Crippen LogP contribution >= 0.6 is 11.3 Å². The van der Waals surface area contributed by atoms with Crippen LogP contribution in [0, 0.1) is 11.7 Å². The highest BCUT2D eigenvalue weighted by Gasteiger charge is 2.45. The van der Waals surface area contributed by atoms with Crippen LogP contribution in [-0.2, 0) is 9.53 Å². The third-order valence-corrected chi connectivity index (χ3v) is 6.39. The molecule has 1 aromatic carbocycles. The topological polar surface area (TPSA) is 63.7 Å². The molecule has 1 N–H and O–H groups in total. The van der Waals surface area contributed by atoms with Crippen molar-refractivity contribution >= 4 is 32.6 Å². The van der Waals surface area contributed by atoms with Crippen LogP contribution in [0.4, 0.5) is 18.3 Å². The number of benzene rings is 1. The lowest BCUT2D eigenvalue weighted by molar-refractivity contribution is -0.120. The number of hydrogen-bond acceptors (Lipinski definition) is 6. The van der Waals surface area contributed by atoms with Crippen molar-refractivity contribution in [1.82, 2.24) is 10.3 Å². The molecule has 0 radical (unpaired) electrons. The maximum absolute atomic E-state index is 14.8. The zero-order valence-corrected chi connectivity index (χ0v) is 17.6. The van der Waals surface area contributed by atoms with E-state index in [1.54, 1.807) is 6.07 Å². The van der Waals surface area contributed by atoms with Gasteiger partial charge in [0.05, 0.1) is 42.6 Å². The van der Waals surface area contributed by atoms with Crippen molar-refractivity contribution in [3.8, 4) is 5.75 Å². The van der Waals surface area contributed by atoms with E-state index in [0.717, 1.165) is 24.2 Å². The molecule has 1 saturated heterocycles. The van der Waals surface area contributed by atoms with Gasteiger partial charge in [0.1, 0.15) is 0 Å². The van der Waals surface area contributed by atoms with Crippen LogP contribution in [0.2, 0.25) is 0 Å². The van der Waals surface area contributed by atoms with E-state index in [9.17, 15) is 18.0 Å². The van der Waals surface area contributed by atoms with Gasteiger partial charge in [-0.05, 0) is 37.8 Å². The van der Waals surface area contributed by atoms with E-state index in [-0.39, 0.29) is 42.8 Å². The van der Waals surface area contributed by atoms with Crippen LogP contribution in [0.3, 0.4) is 0 Å². The number of hydrogen-bond donors (Lipinski definition) is 1. The quantitative estimate of drug-likeness (QED) is 0.676. The first-order valence-electron chi connectivity index (χ1n) is 9.93. The Bertz CT molecular complexity index is 925. The van der Waals surface area contributed by atoms with Gasteiger partial charge < -0.3 is 19.7 Å². The number of amides is 1. The molecule has 1 atom stereocenters. The minimum absolute atomic E-state index is 0.0367. The molecule has 1 amide bonds. The largest absolute Gasteiger partial charge is 0.490 e. The Morgan fingerprint density at radius 1 is 1.40 bits per heavy atom. The second-order valence-electron chi connectivity index (χ2n) is 8.14. The lowest BCUT2D eigenvalue weighted by Gasteiger charge is -2.38. The molecule has 0 spiro atoms. The standard InChI is InChI=1S/C20H24F3N3O3S/c1-11(24-12(2)27)7-28-14-5-13(6-14)8-29-16-4-3-15-18(17(16)21)30-19(25-15)26-9-20(22,23)10-26/h3-4,11,13-14H,5-10H2,1-2H3,(H,24,27)/t11-,13-,14-/m0/s1. The van der Waals surface area contributed by atoms with E-state index in [1.165, 1.54) is 17.9 Å². The Balaban J connectivity index is 1.26. The van der Waals surface area contributed by atoms with Crippen LogP contribution < -0.4 is 15.0 Å². The Kier molecular flexibility index (Phi) is 5.80. The zero-order valence-electron chi connectivity index (χ0n) is 16.8. The van der Waals surface area contributed by atoms with E-state index >= 15 is 0 Å². The molecule has 2 aromatic rings. The second kappa shape index (κ2) is 8.22. The van der Waals surface area contributed by atoms with Gasteiger partial charge in [0, 0.05) is 13.0 Å².